The first kappa shape index (κ1) is 16.4. The molecule has 1 atom stereocenters. The van der Waals surface area contributed by atoms with Gasteiger partial charge in [-0.25, -0.2) is 0 Å². The zero-order chi connectivity index (χ0) is 15.2. The maximum Gasteiger partial charge on any atom is 0.317 e. The number of carbonyl (C=O) groups is 1. The van der Waals surface area contributed by atoms with Crippen molar-refractivity contribution in [1.29, 1.82) is 0 Å². The number of aliphatic carboxylic acids is 1. The molecule has 1 unspecified atom stereocenters. The van der Waals surface area contributed by atoms with Gasteiger partial charge in [-0.15, -0.1) is 0 Å². The van der Waals surface area contributed by atoms with Crippen LogP contribution >= 0.6 is 15.9 Å². The molecule has 0 spiro atoms. The van der Waals surface area contributed by atoms with Crippen LogP contribution in [0.1, 0.15) is 25.0 Å². The van der Waals surface area contributed by atoms with E-state index < -0.39 is 5.97 Å². The minimum Gasteiger partial charge on any atom is -0.480 e. The predicted octanol–water partition coefficient (Wildman–Crippen LogP) is 2.21. The summed E-state index contributed by atoms with van der Waals surface area (Å²) in [4.78, 5) is 19.6. The van der Waals surface area contributed by atoms with Crippen molar-refractivity contribution in [2.75, 3.05) is 26.7 Å². The monoisotopic (exact) mass is 355 g/mol. The molecular formula is C15H22BrN3O2. The van der Waals surface area contributed by atoms with E-state index in [1.54, 1.807) is 0 Å². The molecule has 2 heterocycles. The van der Waals surface area contributed by atoms with Crippen LogP contribution in [0.2, 0.25) is 0 Å². The molecule has 1 aromatic heterocycles. The molecule has 0 aliphatic carbocycles. The standard InChI is InChI=1S/C15H22BrN3O2/c1-18(11-15(20)21)14-3-2-7-19(8-6-14)10-13-5-4-12(16)9-17-13/h4-5,9,14H,2-3,6-8,10-11H2,1H3,(H,20,21). The first-order valence-electron chi connectivity index (χ1n) is 7.29. The van der Waals surface area contributed by atoms with E-state index in [1.807, 2.05) is 30.3 Å². The Balaban J connectivity index is 1.85. The zero-order valence-corrected chi connectivity index (χ0v) is 13.9. The predicted molar refractivity (Wildman–Crippen MR) is 85.1 cm³/mol. The Bertz CT molecular complexity index is 466. The summed E-state index contributed by atoms with van der Waals surface area (Å²) in [6.07, 6.45) is 5.01. The lowest BCUT2D eigenvalue weighted by atomic mass is 10.1. The highest BCUT2D eigenvalue weighted by Gasteiger charge is 2.21. The molecule has 116 valence electrons. The van der Waals surface area contributed by atoms with Crippen LogP contribution in [0, 0.1) is 0 Å². The molecule has 0 saturated carbocycles. The van der Waals surface area contributed by atoms with E-state index in [0.29, 0.717) is 6.04 Å². The Kier molecular flexibility index (Phi) is 6.14. The number of nitrogens with zero attached hydrogens (tertiary/aromatic N) is 3. The molecule has 21 heavy (non-hydrogen) atoms. The second-order valence-corrected chi connectivity index (χ2v) is 6.55. The summed E-state index contributed by atoms with van der Waals surface area (Å²) in [6.45, 7) is 3.03. The Morgan fingerprint density at radius 2 is 2.29 bits per heavy atom. The van der Waals surface area contributed by atoms with E-state index in [4.69, 9.17) is 5.11 Å². The normalized spacial score (nSPS) is 20.4. The highest BCUT2D eigenvalue weighted by atomic mass is 79.9. The molecule has 0 bridgehead atoms. The van der Waals surface area contributed by atoms with Crippen LogP contribution in [0.25, 0.3) is 0 Å². The summed E-state index contributed by atoms with van der Waals surface area (Å²) >= 11 is 3.40. The fraction of sp³-hybridized carbons (Fsp3) is 0.600. The third-order valence-corrected chi connectivity index (χ3v) is 4.44. The number of rotatable bonds is 5. The fourth-order valence-corrected chi connectivity index (χ4v) is 3.04. The second-order valence-electron chi connectivity index (χ2n) is 5.64. The van der Waals surface area contributed by atoms with Crippen molar-refractivity contribution in [3.63, 3.8) is 0 Å². The number of likely N-dealkylation sites (N-methyl/N-ethyl adjacent to an activating group) is 1. The molecule has 0 amide bonds. The summed E-state index contributed by atoms with van der Waals surface area (Å²) in [7, 11) is 1.91. The topological polar surface area (TPSA) is 56.7 Å². The third-order valence-electron chi connectivity index (χ3n) is 3.97. The molecular weight excluding hydrogens is 334 g/mol. The van der Waals surface area contributed by atoms with E-state index in [-0.39, 0.29) is 6.54 Å². The van der Waals surface area contributed by atoms with Gasteiger partial charge in [0, 0.05) is 29.8 Å². The Labute approximate surface area is 134 Å². The van der Waals surface area contributed by atoms with Gasteiger partial charge in [0.1, 0.15) is 0 Å². The highest BCUT2D eigenvalue weighted by Crippen LogP contribution is 2.17. The van der Waals surface area contributed by atoms with Crippen molar-refractivity contribution < 1.29 is 9.90 Å². The van der Waals surface area contributed by atoms with Gasteiger partial charge < -0.3 is 5.11 Å². The van der Waals surface area contributed by atoms with Crippen LogP contribution in [0.5, 0.6) is 0 Å². The number of pyridine rings is 1. The average Bonchev–Trinajstić information content (AvgIpc) is 2.66. The van der Waals surface area contributed by atoms with Crippen LogP contribution < -0.4 is 0 Å². The lowest BCUT2D eigenvalue weighted by molar-refractivity contribution is -0.138. The highest BCUT2D eigenvalue weighted by molar-refractivity contribution is 9.10. The summed E-state index contributed by atoms with van der Waals surface area (Å²) in [5.74, 6) is -0.752. The molecule has 5 nitrogen and oxygen atoms in total. The molecule has 1 aromatic rings. The smallest absolute Gasteiger partial charge is 0.317 e. The van der Waals surface area contributed by atoms with Crippen molar-refractivity contribution in [3.8, 4) is 0 Å². The maximum atomic E-state index is 10.8. The van der Waals surface area contributed by atoms with Crippen LogP contribution in [0.3, 0.4) is 0 Å². The van der Waals surface area contributed by atoms with Crippen molar-refractivity contribution in [2.24, 2.45) is 0 Å². The van der Waals surface area contributed by atoms with Crippen molar-refractivity contribution >= 4 is 21.9 Å². The summed E-state index contributed by atoms with van der Waals surface area (Å²) in [5, 5.41) is 8.89. The minimum absolute atomic E-state index is 0.124. The van der Waals surface area contributed by atoms with Gasteiger partial charge in [0.25, 0.3) is 0 Å². The van der Waals surface area contributed by atoms with Crippen LogP contribution in [-0.2, 0) is 11.3 Å². The van der Waals surface area contributed by atoms with Gasteiger partial charge in [0.15, 0.2) is 0 Å². The Morgan fingerprint density at radius 3 is 2.95 bits per heavy atom. The van der Waals surface area contributed by atoms with Crippen LogP contribution in [-0.4, -0.2) is 58.6 Å². The van der Waals surface area contributed by atoms with Crippen molar-refractivity contribution in [3.05, 3.63) is 28.5 Å². The average molecular weight is 356 g/mol. The molecule has 6 heteroatoms. The van der Waals surface area contributed by atoms with E-state index in [2.05, 4.69) is 25.8 Å². The Morgan fingerprint density at radius 1 is 1.48 bits per heavy atom. The first-order chi connectivity index (χ1) is 10.0. The zero-order valence-electron chi connectivity index (χ0n) is 12.3. The van der Waals surface area contributed by atoms with Crippen LogP contribution in [0.15, 0.2) is 22.8 Å². The summed E-state index contributed by atoms with van der Waals surface area (Å²) in [5.41, 5.74) is 1.08. The molecule has 1 aliphatic heterocycles. The van der Waals surface area contributed by atoms with E-state index in [0.717, 1.165) is 49.1 Å². The maximum absolute atomic E-state index is 10.8. The number of likely N-dealkylation sites (tertiary alicyclic amines) is 1. The molecule has 0 radical (unpaired) electrons. The molecule has 1 N–H and O–H groups in total. The minimum atomic E-state index is -0.752. The molecule has 1 fully saturated rings. The Hall–Kier alpha value is -0.980. The summed E-state index contributed by atoms with van der Waals surface area (Å²) < 4.78 is 0.998. The number of aromatic nitrogens is 1. The van der Waals surface area contributed by atoms with Gasteiger partial charge >= 0.3 is 5.97 Å². The van der Waals surface area contributed by atoms with Gasteiger partial charge in [-0.2, -0.15) is 0 Å². The van der Waals surface area contributed by atoms with Crippen molar-refractivity contribution in [2.45, 2.75) is 31.8 Å². The van der Waals surface area contributed by atoms with Crippen molar-refractivity contribution in [1.82, 2.24) is 14.8 Å². The second kappa shape index (κ2) is 7.87. The summed E-state index contributed by atoms with van der Waals surface area (Å²) in [6, 6.07) is 4.43. The van der Waals surface area contributed by atoms with Gasteiger partial charge in [0.2, 0.25) is 0 Å². The first-order valence-corrected chi connectivity index (χ1v) is 8.08. The third kappa shape index (κ3) is 5.37. The lowest BCUT2D eigenvalue weighted by Crippen LogP contribution is -2.36. The molecule has 1 saturated heterocycles. The molecule has 0 aromatic carbocycles. The van der Waals surface area contributed by atoms with Gasteiger partial charge in [0.05, 0.1) is 12.2 Å². The number of hydrogen-bond acceptors (Lipinski definition) is 4. The van der Waals surface area contributed by atoms with Gasteiger partial charge in [-0.05, 0) is 60.9 Å². The van der Waals surface area contributed by atoms with E-state index in [9.17, 15) is 4.79 Å². The number of hydrogen-bond donors (Lipinski definition) is 1. The number of carboxylic acids is 1. The fourth-order valence-electron chi connectivity index (χ4n) is 2.81. The largest absolute Gasteiger partial charge is 0.480 e. The van der Waals surface area contributed by atoms with Gasteiger partial charge in [-0.3, -0.25) is 19.6 Å². The van der Waals surface area contributed by atoms with Crippen LogP contribution in [0.4, 0.5) is 0 Å². The quantitative estimate of drug-likeness (QED) is 0.877. The van der Waals surface area contributed by atoms with Gasteiger partial charge in [-0.1, -0.05) is 0 Å². The van der Waals surface area contributed by atoms with E-state index in [1.165, 1.54) is 0 Å². The lowest BCUT2D eigenvalue weighted by Gasteiger charge is -2.25. The van der Waals surface area contributed by atoms with E-state index >= 15 is 0 Å². The SMILES string of the molecule is CN(CC(=O)O)C1CCCN(Cc2ccc(Br)cn2)CC1. The number of carboxylic acid groups (broad SMARTS) is 1. The molecule has 2 rings (SSSR count). The number of halogens is 1. The molecule has 1 aliphatic rings.